The molecule has 158 valence electrons. The minimum Gasteiger partial charge on any atom is -0.370 e. The molecule has 2 atom stereocenters. The largest absolute Gasteiger partial charge is 0.370 e. The molecule has 0 spiro atoms. The number of nitrogens with zero attached hydrogens (tertiary/aromatic N) is 4. The topological polar surface area (TPSA) is 62.6 Å². The molecule has 0 radical (unpaired) electrons. The molecule has 2 aliphatic rings. The summed E-state index contributed by atoms with van der Waals surface area (Å²) in [6, 6.07) is 6.38. The fourth-order valence-corrected chi connectivity index (χ4v) is 3.92. The van der Waals surface area contributed by atoms with Crippen LogP contribution < -0.4 is 5.32 Å². The van der Waals surface area contributed by atoms with Crippen molar-refractivity contribution in [3.63, 3.8) is 0 Å². The number of benzene rings is 1. The van der Waals surface area contributed by atoms with Crippen molar-refractivity contribution < 1.29 is 13.9 Å². The lowest BCUT2D eigenvalue weighted by molar-refractivity contribution is -0.141. The van der Waals surface area contributed by atoms with E-state index >= 15 is 0 Å². The van der Waals surface area contributed by atoms with Gasteiger partial charge in [0.25, 0.3) is 0 Å². The van der Waals surface area contributed by atoms with E-state index < -0.39 is 0 Å². The summed E-state index contributed by atoms with van der Waals surface area (Å²) in [7, 11) is 1.98. The molecule has 0 aliphatic carbocycles. The van der Waals surface area contributed by atoms with Crippen LogP contribution in [0.25, 0.3) is 0 Å². The summed E-state index contributed by atoms with van der Waals surface area (Å²) in [5.41, 5.74) is 0.895. The Morgan fingerprint density at radius 3 is 2.83 bits per heavy atom. The number of carbonyl (C=O) groups excluding carboxylic acids is 1. The Morgan fingerprint density at radius 1 is 1.31 bits per heavy atom. The predicted molar refractivity (Wildman–Crippen MR) is 109 cm³/mol. The van der Waals surface area contributed by atoms with E-state index in [9.17, 15) is 9.18 Å². The lowest BCUT2D eigenvalue weighted by Crippen LogP contribution is -2.52. The minimum absolute atomic E-state index is 0. The molecule has 2 aromatic rings. The third kappa shape index (κ3) is 4.95. The van der Waals surface area contributed by atoms with Crippen molar-refractivity contribution in [3.05, 3.63) is 53.9 Å². The van der Waals surface area contributed by atoms with Crippen LogP contribution in [0.4, 0.5) is 4.39 Å². The van der Waals surface area contributed by atoms with Crippen LogP contribution in [0.3, 0.4) is 0 Å². The first kappa shape index (κ1) is 21.7. The van der Waals surface area contributed by atoms with Gasteiger partial charge in [-0.25, -0.2) is 9.37 Å². The zero-order valence-corrected chi connectivity index (χ0v) is 17.3. The number of hydrogen-bond donors (Lipinski definition) is 1. The van der Waals surface area contributed by atoms with Gasteiger partial charge in [0.2, 0.25) is 5.91 Å². The molecule has 1 N–H and O–H groups in total. The van der Waals surface area contributed by atoms with Crippen LogP contribution in [0.2, 0.25) is 0 Å². The summed E-state index contributed by atoms with van der Waals surface area (Å²) < 4.78 is 21.0. The second-order valence-electron chi connectivity index (χ2n) is 7.34. The average Bonchev–Trinajstić information content (AvgIpc) is 3.15. The second-order valence-corrected chi connectivity index (χ2v) is 7.34. The lowest BCUT2D eigenvalue weighted by atomic mass is 10.1. The van der Waals surface area contributed by atoms with Crippen LogP contribution in [0, 0.1) is 5.82 Å². The highest BCUT2D eigenvalue weighted by Crippen LogP contribution is 2.24. The maximum atomic E-state index is 13.2. The van der Waals surface area contributed by atoms with Crippen LogP contribution >= 0.6 is 12.4 Å². The fraction of sp³-hybridized carbons (Fsp3) is 0.500. The number of imidazole rings is 1. The highest BCUT2D eigenvalue weighted by atomic mass is 35.5. The van der Waals surface area contributed by atoms with E-state index in [0.717, 1.165) is 31.0 Å². The number of hydrogen-bond acceptors (Lipinski definition) is 5. The number of aromatic nitrogens is 2. The van der Waals surface area contributed by atoms with E-state index in [2.05, 4.69) is 15.2 Å². The van der Waals surface area contributed by atoms with Crippen LogP contribution in [0.1, 0.15) is 23.5 Å². The Bertz CT molecular complexity index is 815. The van der Waals surface area contributed by atoms with Gasteiger partial charge in [0, 0.05) is 45.6 Å². The number of amides is 1. The number of ether oxygens (including phenoxy) is 1. The van der Waals surface area contributed by atoms with Crippen LogP contribution in [0.15, 0.2) is 36.7 Å². The second kappa shape index (κ2) is 9.67. The zero-order chi connectivity index (χ0) is 19.5. The number of morpholine rings is 1. The zero-order valence-electron chi connectivity index (χ0n) is 16.5. The molecule has 0 saturated carbocycles. The van der Waals surface area contributed by atoms with Gasteiger partial charge in [0.15, 0.2) is 0 Å². The number of halogens is 2. The first-order valence-electron chi connectivity index (χ1n) is 9.68. The highest BCUT2D eigenvalue weighted by Gasteiger charge is 2.31. The molecule has 2 aliphatic heterocycles. The number of aryl methyl sites for hydroxylation is 1. The molecular formula is C20H27ClFN5O2. The van der Waals surface area contributed by atoms with Gasteiger partial charge in [0.1, 0.15) is 17.7 Å². The van der Waals surface area contributed by atoms with E-state index in [1.807, 2.05) is 22.7 Å². The Labute approximate surface area is 176 Å². The number of piperazine rings is 1. The number of nitrogens with one attached hydrogen (secondary N) is 1. The summed E-state index contributed by atoms with van der Waals surface area (Å²) in [5.74, 6) is 0.786. The Hall–Kier alpha value is -2.00. The van der Waals surface area contributed by atoms with Crippen molar-refractivity contribution in [1.82, 2.24) is 24.7 Å². The molecule has 3 heterocycles. The van der Waals surface area contributed by atoms with Gasteiger partial charge in [-0.3, -0.25) is 9.69 Å². The molecule has 7 nitrogen and oxygen atoms in total. The van der Waals surface area contributed by atoms with Gasteiger partial charge >= 0.3 is 0 Å². The highest BCUT2D eigenvalue weighted by molar-refractivity contribution is 5.85. The molecule has 1 aromatic carbocycles. The fourth-order valence-electron chi connectivity index (χ4n) is 3.92. The third-order valence-corrected chi connectivity index (χ3v) is 5.51. The summed E-state index contributed by atoms with van der Waals surface area (Å²) in [6.45, 7) is 4.34. The maximum Gasteiger partial charge on any atom is 0.236 e. The van der Waals surface area contributed by atoms with Gasteiger partial charge in [-0.05, 0) is 17.7 Å². The molecule has 2 fully saturated rings. The monoisotopic (exact) mass is 423 g/mol. The van der Waals surface area contributed by atoms with E-state index in [0.29, 0.717) is 26.2 Å². The molecule has 4 rings (SSSR count). The Morgan fingerprint density at radius 2 is 2.10 bits per heavy atom. The molecule has 29 heavy (non-hydrogen) atoms. The van der Waals surface area contributed by atoms with Crippen molar-refractivity contribution in [3.8, 4) is 0 Å². The first-order valence-corrected chi connectivity index (χ1v) is 9.68. The summed E-state index contributed by atoms with van der Waals surface area (Å²) >= 11 is 0. The number of carbonyl (C=O) groups is 1. The first-order chi connectivity index (χ1) is 13.6. The van der Waals surface area contributed by atoms with Crippen molar-refractivity contribution in [2.45, 2.75) is 12.1 Å². The van der Waals surface area contributed by atoms with Crippen LogP contribution in [-0.4, -0.2) is 71.1 Å². The normalized spacial score (nSPS) is 22.9. The molecule has 1 amide bonds. The molecule has 2 unspecified atom stereocenters. The third-order valence-electron chi connectivity index (χ3n) is 5.51. The standard InChI is InChI=1S/C20H26FN5O2.ClH/c1-24-8-7-23-20(24)17-12-22-6-9-25(17)14-19(27)26-10-11-28-18(13-26)15-2-4-16(21)5-3-15;/h2-5,7-8,17-18,22H,6,9-14H2,1H3;1H. The van der Waals surface area contributed by atoms with Gasteiger partial charge in [0.05, 0.1) is 25.7 Å². The molecule has 9 heteroatoms. The van der Waals surface area contributed by atoms with Crippen molar-refractivity contribution in [2.24, 2.45) is 7.05 Å². The van der Waals surface area contributed by atoms with Gasteiger partial charge < -0.3 is 19.5 Å². The SMILES string of the molecule is Cl.Cn1ccnc1C1CNCCN1CC(=O)N1CCOC(c2ccc(F)cc2)C1. The lowest BCUT2D eigenvalue weighted by Gasteiger charge is -2.38. The van der Waals surface area contributed by atoms with Crippen LogP contribution in [-0.2, 0) is 16.6 Å². The average molecular weight is 424 g/mol. The van der Waals surface area contributed by atoms with Gasteiger partial charge in [-0.2, -0.15) is 0 Å². The minimum atomic E-state index is -0.272. The molecule has 1 aromatic heterocycles. The Kier molecular flexibility index (Phi) is 7.23. The van der Waals surface area contributed by atoms with Crippen molar-refractivity contribution >= 4 is 18.3 Å². The van der Waals surface area contributed by atoms with Crippen molar-refractivity contribution in [1.29, 1.82) is 0 Å². The molecule has 0 bridgehead atoms. The molecule has 2 saturated heterocycles. The smallest absolute Gasteiger partial charge is 0.236 e. The quantitative estimate of drug-likeness (QED) is 0.808. The summed E-state index contributed by atoms with van der Waals surface area (Å²) in [6.07, 6.45) is 3.50. The summed E-state index contributed by atoms with van der Waals surface area (Å²) in [5, 5.41) is 3.40. The van der Waals surface area contributed by atoms with E-state index in [4.69, 9.17) is 4.74 Å². The van der Waals surface area contributed by atoms with Crippen molar-refractivity contribution in [2.75, 3.05) is 45.9 Å². The Balaban J connectivity index is 0.00000240. The van der Waals surface area contributed by atoms with E-state index in [1.54, 1.807) is 18.3 Å². The van der Waals surface area contributed by atoms with Crippen LogP contribution in [0.5, 0.6) is 0 Å². The maximum absolute atomic E-state index is 13.2. The van der Waals surface area contributed by atoms with Gasteiger partial charge in [-0.1, -0.05) is 12.1 Å². The van der Waals surface area contributed by atoms with Gasteiger partial charge in [-0.15, -0.1) is 12.4 Å². The van der Waals surface area contributed by atoms with E-state index in [-0.39, 0.29) is 36.3 Å². The van der Waals surface area contributed by atoms with E-state index in [1.165, 1.54) is 12.1 Å². The summed E-state index contributed by atoms with van der Waals surface area (Å²) in [4.78, 5) is 21.5. The predicted octanol–water partition coefficient (Wildman–Crippen LogP) is 1.53. The molecular weight excluding hydrogens is 397 g/mol. The number of rotatable bonds is 4.